The number of hydrogen-bond acceptors (Lipinski definition) is 3. The van der Waals surface area contributed by atoms with Gasteiger partial charge in [-0.3, -0.25) is 9.80 Å². The van der Waals surface area contributed by atoms with Crippen LogP contribution >= 0.6 is 0 Å². The highest BCUT2D eigenvalue weighted by Gasteiger charge is 2.36. The van der Waals surface area contributed by atoms with Crippen molar-refractivity contribution in [1.82, 2.24) is 15.1 Å². The number of nitrogens with zero attached hydrogens (tertiary/aromatic N) is 2. The van der Waals surface area contributed by atoms with E-state index in [1.165, 1.54) is 24.2 Å². The van der Waals surface area contributed by atoms with E-state index >= 15 is 0 Å². The quantitative estimate of drug-likeness (QED) is 0.830. The third-order valence-corrected chi connectivity index (χ3v) is 4.13. The Kier molecular flexibility index (Phi) is 4.50. The van der Waals surface area contributed by atoms with Crippen molar-refractivity contribution in [3.8, 4) is 0 Å². The molecular formula is C12H22F3N3. The molecule has 0 radical (unpaired) electrons. The molecule has 0 aromatic carbocycles. The normalized spacial score (nSPS) is 32.0. The van der Waals surface area contributed by atoms with Gasteiger partial charge in [-0.1, -0.05) is 6.42 Å². The maximum absolute atomic E-state index is 12.3. The standard InChI is InChI=1S/C12H22F3N3/c1-16-10-3-2-4-11(10)18-7-5-17(6-8-18)9-12(13,14)15/h10-11,16H,2-9H2,1H3. The Balaban J connectivity index is 1.79. The first kappa shape index (κ1) is 14.1. The highest BCUT2D eigenvalue weighted by atomic mass is 19.4. The average molecular weight is 265 g/mol. The van der Waals surface area contributed by atoms with Crippen LogP contribution in [0.1, 0.15) is 19.3 Å². The van der Waals surface area contributed by atoms with Gasteiger partial charge in [-0.2, -0.15) is 13.2 Å². The van der Waals surface area contributed by atoms with Crippen LogP contribution in [0.2, 0.25) is 0 Å². The van der Waals surface area contributed by atoms with Crippen molar-refractivity contribution in [3.63, 3.8) is 0 Å². The summed E-state index contributed by atoms with van der Waals surface area (Å²) >= 11 is 0. The Hall–Kier alpha value is -0.330. The molecule has 2 fully saturated rings. The van der Waals surface area contributed by atoms with E-state index in [0.717, 1.165) is 13.1 Å². The van der Waals surface area contributed by atoms with E-state index in [-0.39, 0.29) is 0 Å². The van der Waals surface area contributed by atoms with Gasteiger partial charge >= 0.3 is 6.18 Å². The fraction of sp³-hybridized carbons (Fsp3) is 1.00. The molecule has 2 unspecified atom stereocenters. The maximum atomic E-state index is 12.3. The molecule has 0 spiro atoms. The minimum atomic E-state index is -4.07. The van der Waals surface area contributed by atoms with Gasteiger partial charge in [0.15, 0.2) is 0 Å². The molecule has 0 aromatic rings. The molecule has 1 heterocycles. The zero-order valence-corrected chi connectivity index (χ0v) is 10.8. The Bertz CT molecular complexity index is 262. The number of halogens is 3. The van der Waals surface area contributed by atoms with Crippen LogP contribution in [-0.2, 0) is 0 Å². The van der Waals surface area contributed by atoms with Gasteiger partial charge in [0.1, 0.15) is 0 Å². The van der Waals surface area contributed by atoms with Crippen LogP contribution in [0.5, 0.6) is 0 Å². The third-order valence-electron chi connectivity index (χ3n) is 4.13. The molecule has 1 N–H and O–H groups in total. The predicted octanol–water partition coefficient (Wildman–Crippen LogP) is 1.31. The summed E-state index contributed by atoms with van der Waals surface area (Å²) in [5.41, 5.74) is 0. The highest BCUT2D eigenvalue weighted by Crippen LogP contribution is 2.25. The number of alkyl halides is 3. The second-order valence-corrected chi connectivity index (χ2v) is 5.32. The van der Waals surface area contributed by atoms with Crippen molar-refractivity contribution in [1.29, 1.82) is 0 Å². The molecule has 1 aliphatic carbocycles. The summed E-state index contributed by atoms with van der Waals surface area (Å²) in [7, 11) is 1.98. The molecule has 2 aliphatic rings. The number of nitrogens with one attached hydrogen (secondary N) is 1. The van der Waals surface area contributed by atoms with E-state index in [0.29, 0.717) is 25.2 Å². The first-order chi connectivity index (χ1) is 8.49. The molecule has 0 bridgehead atoms. The fourth-order valence-corrected chi connectivity index (χ4v) is 3.22. The number of hydrogen-bond donors (Lipinski definition) is 1. The van der Waals surface area contributed by atoms with Crippen molar-refractivity contribution in [2.45, 2.75) is 37.5 Å². The summed E-state index contributed by atoms with van der Waals surface area (Å²) in [6, 6.07) is 1.03. The maximum Gasteiger partial charge on any atom is 0.401 e. The van der Waals surface area contributed by atoms with E-state index in [9.17, 15) is 13.2 Å². The summed E-state index contributed by atoms with van der Waals surface area (Å²) in [6.07, 6.45) is -0.489. The summed E-state index contributed by atoms with van der Waals surface area (Å²) < 4.78 is 36.9. The summed E-state index contributed by atoms with van der Waals surface area (Å²) in [5, 5.41) is 3.33. The lowest BCUT2D eigenvalue weighted by atomic mass is 10.1. The number of likely N-dealkylation sites (N-methyl/N-ethyl adjacent to an activating group) is 1. The minimum Gasteiger partial charge on any atom is -0.315 e. The Morgan fingerprint density at radius 3 is 2.33 bits per heavy atom. The second-order valence-electron chi connectivity index (χ2n) is 5.32. The Morgan fingerprint density at radius 1 is 1.11 bits per heavy atom. The lowest BCUT2D eigenvalue weighted by Crippen LogP contribution is -2.55. The molecular weight excluding hydrogens is 243 g/mol. The second kappa shape index (κ2) is 5.75. The average Bonchev–Trinajstić information content (AvgIpc) is 2.76. The summed E-state index contributed by atoms with van der Waals surface area (Å²) in [5.74, 6) is 0. The van der Waals surface area contributed by atoms with Crippen molar-refractivity contribution in [2.24, 2.45) is 0 Å². The zero-order chi connectivity index (χ0) is 13.2. The van der Waals surface area contributed by atoms with Gasteiger partial charge in [-0.05, 0) is 19.9 Å². The predicted molar refractivity (Wildman–Crippen MR) is 64.6 cm³/mol. The molecule has 0 aromatic heterocycles. The smallest absolute Gasteiger partial charge is 0.315 e. The molecule has 1 saturated carbocycles. The third kappa shape index (κ3) is 3.59. The molecule has 18 heavy (non-hydrogen) atoms. The van der Waals surface area contributed by atoms with Crippen molar-refractivity contribution in [2.75, 3.05) is 39.8 Å². The van der Waals surface area contributed by atoms with Crippen LogP contribution in [-0.4, -0.2) is 67.8 Å². The molecule has 2 rings (SSSR count). The topological polar surface area (TPSA) is 18.5 Å². The van der Waals surface area contributed by atoms with Gasteiger partial charge in [-0.15, -0.1) is 0 Å². The monoisotopic (exact) mass is 265 g/mol. The lowest BCUT2D eigenvalue weighted by Gasteiger charge is -2.40. The van der Waals surface area contributed by atoms with Crippen LogP contribution in [0, 0.1) is 0 Å². The molecule has 6 heteroatoms. The van der Waals surface area contributed by atoms with Gasteiger partial charge < -0.3 is 5.32 Å². The Labute approximate surface area is 106 Å². The van der Waals surface area contributed by atoms with E-state index in [2.05, 4.69) is 10.2 Å². The van der Waals surface area contributed by atoms with Crippen LogP contribution in [0.4, 0.5) is 13.2 Å². The molecule has 1 aliphatic heterocycles. The van der Waals surface area contributed by atoms with Gasteiger partial charge in [0.25, 0.3) is 0 Å². The first-order valence-corrected chi connectivity index (χ1v) is 6.70. The van der Waals surface area contributed by atoms with Crippen molar-refractivity contribution in [3.05, 3.63) is 0 Å². The molecule has 1 saturated heterocycles. The summed E-state index contributed by atoms with van der Waals surface area (Å²) in [4.78, 5) is 3.88. The SMILES string of the molecule is CNC1CCCC1N1CCN(CC(F)(F)F)CC1. The van der Waals surface area contributed by atoms with Crippen LogP contribution < -0.4 is 5.32 Å². The fourth-order valence-electron chi connectivity index (χ4n) is 3.22. The molecule has 106 valence electrons. The van der Waals surface area contributed by atoms with Gasteiger partial charge in [-0.25, -0.2) is 0 Å². The minimum absolute atomic E-state index is 0.513. The van der Waals surface area contributed by atoms with Crippen LogP contribution in [0.25, 0.3) is 0 Å². The van der Waals surface area contributed by atoms with Crippen LogP contribution in [0.15, 0.2) is 0 Å². The number of rotatable bonds is 3. The number of piperazine rings is 1. The van der Waals surface area contributed by atoms with E-state index < -0.39 is 12.7 Å². The van der Waals surface area contributed by atoms with Crippen LogP contribution in [0.3, 0.4) is 0 Å². The summed E-state index contributed by atoms with van der Waals surface area (Å²) in [6.45, 7) is 1.83. The zero-order valence-electron chi connectivity index (χ0n) is 10.8. The molecule has 3 nitrogen and oxygen atoms in total. The highest BCUT2D eigenvalue weighted by molar-refractivity contribution is 4.91. The van der Waals surface area contributed by atoms with Gasteiger partial charge in [0.2, 0.25) is 0 Å². The largest absolute Gasteiger partial charge is 0.401 e. The Morgan fingerprint density at radius 2 is 1.78 bits per heavy atom. The molecule has 0 amide bonds. The van der Waals surface area contributed by atoms with E-state index in [1.54, 1.807) is 0 Å². The van der Waals surface area contributed by atoms with Crippen molar-refractivity contribution < 1.29 is 13.2 Å². The van der Waals surface area contributed by atoms with Gasteiger partial charge in [0, 0.05) is 38.3 Å². The first-order valence-electron chi connectivity index (χ1n) is 6.70. The van der Waals surface area contributed by atoms with E-state index in [1.807, 2.05) is 7.05 Å². The van der Waals surface area contributed by atoms with E-state index in [4.69, 9.17) is 0 Å². The molecule has 2 atom stereocenters. The lowest BCUT2D eigenvalue weighted by molar-refractivity contribution is -0.149. The van der Waals surface area contributed by atoms with Gasteiger partial charge in [0.05, 0.1) is 6.54 Å². The van der Waals surface area contributed by atoms with Crippen molar-refractivity contribution >= 4 is 0 Å².